The number of hydrogen-bond donors (Lipinski definition) is 1. The van der Waals surface area contributed by atoms with Gasteiger partial charge in [0.15, 0.2) is 5.96 Å². The lowest BCUT2D eigenvalue weighted by molar-refractivity contribution is 0.00990. The molecule has 1 aromatic heterocycles. The molecule has 0 saturated carbocycles. The molecule has 25 heavy (non-hydrogen) atoms. The maximum Gasteiger partial charge on any atom is 0.194 e. The van der Waals surface area contributed by atoms with Crippen molar-refractivity contribution in [3.63, 3.8) is 0 Å². The van der Waals surface area contributed by atoms with E-state index in [-0.39, 0.29) is 24.0 Å². The summed E-state index contributed by atoms with van der Waals surface area (Å²) in [7, 11) is 3.61. The number of aryl methyl sites for hydroxylation is 1. The molecule has 2 heterocycles. The van der Waals surface area contributed by atoms with Crippen LogP contribution in [0.1, 0.15) is 32.0 Å². The van der Waals surface area contributed by atoms with Crippen LogP contribution in [0.2, 0.25) is 0 Å². The lowest BCUT2D eigenvalue weighted by Crippen LogP contribution is -2.47. The van der Waals surface area contributed by atoms with Gasteiger partial charge in [0.05, 0.1) is 6.10 Å². The van der Waals surface area contributed by atoms with Crippen molar-refractivity contribution in [2.45, 2.75) is 38.8 Å². The fraction of sp³-hybridized carbons (Fsp3) is 0.812. The Hall–Kier alpha value is -0.940. The normalized spacial score (nSPS) is 16.0. The van der Waals surface area contributed by atoms with Crippen LogP contribution in [0, 0.1) is 0 Å². The Morgan fingerprint density at radius 2 is 2.12 bits per heavy atom. The number of ether oxygens (including phenoxy) is 2. The molecule has 1 aliphatic rings. The summed E-state index contributed by atoms with van der Waals surface area (Å²) in [4.78, 5) is 11.2. The molecule has 1 aliphatic heterocycles. The molecule has 9 heteroatoms. The van der Waals surface area contributed by atoms with Crippen molar-refractivity contribution in [2.24, 2.45) is 12.0 Å². The average molecular weight is 466 g/mol. The first-order chi connectivity index (χ1) is 11.7. The van der Waals surface area contributed by atoms with Crippen LogP contribution in [0.15, 0.2) is 11.3 Å². The van der Waals surface area contributed by atoms with Gasteiger partial charge in [0.2, 0.25) is 0 Å². The molecule has 0 atom stereocenters. The van der Waals surface area contributed by atoms with Crippen molar-refractivity contribution in [1.29, 1.82) is 0 Å². The highest BCUT2D eigenvalue weighted by atomic mass is 127. The maximum atomic E-state index is 5.92. The van der Waals surface area contributed by atoms with Crippen molar-refractivity contribution < 1.29 is 9.47 Å². The largest absolute Gasteiger partial charge is 0.385 e. The molecular formula is C16H31IN6O2. The van der Waals surface area contributed by atoms with Gasteiger partial charge in [-0.1, -0.05) is 0 Å². The summed E-state index contributed by atoms with van der Waals surface area (Å²) in [6, 6.07) is 0. The molecule has 0 bridgehead atoms. The molecule has 2 rings (SSSR count). The predicted octanol–water partition coefficient (Wildman–Crippen LogP) is 1.42. The minimum Gasteiger partial charge on any atom is -0.385 e. The molecule has 0 unspecified atom stereocenters. The van der Waals surface area contributed by atoms with Crippen LogP contribution in [0.4, 0.5) is 0 Å². The summed E-state index contributed by atoms with van der Waals surface area (Å²) in [6.45, 7) is 6.93. The molecule has 0 aromatic carbocycles. The molecule has 0 spiro atoms. The smallest absolute Gasteiger partial charge is 0.194 e. The zero-order valence-electron chi connectivity index (χ0n) is 15.5. The first-order valence-corrected chi connectivity index (χ1v) is 8.71. The van der Waals surface area contributed by atoms with Crippen molar-refractivity contribution in [3.8, 4) is 0 Å². The third kappa shape index (κ3) is 7.45. The van der Waals surface area contributed by atoms with Crippen molar-refractivity contribution in [3.05, 3.63) is 12.2 Å². The summed E-state index contributed by atoms with van der Waals surface area (Å²) in [5, 5.41) is 7.45. The van der Waals surface area contributed by atoms with Gasteiger partial charge in [0.1, 0.15) is 18.7 Å². The van der Waals surface area contributed by atoms with Crippen LogP contribution < -0.4 is 5.32 Å². The van der Waals surface area contributed by atoms with Gasteiger partial charge < -0.3 is 19.7 Å². The molecule has 144 valence electrons. The molecule has 0 radical (unpaired) electrons. The van der Waals surface area contributed by atoms with Gasteiger partial charge in [0, 0.05) is 47.0 Å². The lowest BCUT2D eigenvalue weighted by atomic mass is 10.1. The van der Waals surface area contributed by atoms with E-state index in [9.17, 15) is 0 Å². The van der Waals surface area contributed by atoms with E-state index in [0.29, 0.717) is 12.6 Å². The number of halogens is 1. The van der Waals surface area contributed by atoms with Crippen LogP contribution in [-0.2, 0) is 23.1 Å². The fourth-order valence-corrected chi connectivity index (χ4v) is 2.72. The van der Waals surface area contributed by atoms with Gasteiger partial charge in [-0.15, -0.1) is 24.0 Å². The highest BCUT2D eigenvalue weighted by molar-refractivity contribution is 14.0. The topological polar surface area (TPSA) is 76.8 Å². The van der Waals surface area contributed by atoms with Crippen LogP contribution in [0.25, 0.3) is 0 Å². The van der Waals surface area contributed by atoms with E-state index < -0.39 is 0 Å². The molecular weight excluding hydrogens is 435 g/mol. The number of hydrogen-bond acceptors (Lipinski definition) is 5. The molecule has 1 fully saturated rings. The summed E-state index contributed by atoms with van der Waals surface area (Å²) in [5.74, 6) is 1.81. The first-order valence-electron chi connectivity index (χ1n) is 8.71. The number of rotatable bonds is 8. The van der Waals surface area contributed by atoms with Crippen LogP contribution >= 0.6 is 24.0 Å². The van der Waals surface area contributed by atoms with E-state index in [1.54, 1.807) is 18.1 Å². The number of methoxy groups -OCH3 is 1. The zero-order valence-corrected chi connectivity index (χ0v) is 17.8. The number of aromatic nitrogens is 3. The average Bonchev–Trinajstić information content (AvgIpc) is 3.01. The number of nitrogens with zero attached hydrogens (tertiary/aromatic N) is 5. The number of aliphatic imine (C=N–C) groups is 1. The summed E-state index contributed by atoms with van der Waals surface area (Å²) in [6.07, 6.45) is 4.92. The van der Waals surface area contributed by atoms with Gasteiger partial charge in [-0.25, -0.2) is 9.98 Å². The van der Waals surface area contributed by atoms with Gasteiger partial charge in [-0.05, 0) is 26.2 Å². The van der Waals surface area contributed by atoms with Gasteiger partial charge in [-0.2, -0.15) is 5.10 Å². The standard InChI is InChI=1S/C16H30N6O2.HI/c1-4-17-16(18-12-15-19-13-20-21(15)2)22-8-6-14(7-9-22)24-11-5-10-23-3;/h13-14H,4-12H2,1-3H3,(H,17,18);1H. The van der Waals surface area contributed by atoms with E-state index in [1.165, 1.54) is 0 Å². The summed E-state index contributed by atoms with van der Waals surface area (Å²) in [5.41, 5.74) is 0. The van der Waals surface area contributed by atoms with E-state index >= 15 is 0 Å². The second kappa shape index (κ2) is 12.4. The van der Waals surface area contributed by atoms with Crippen molar-refractivity contribution in [2.75, 3.05) is 40.0 Å². The molecule has 1 saturated heterocycles. The van der Waals surface area contributed by atoms with E-state index in [4.69, 9.17) is 14.5 Å². The molecule has 0 aliphatic carbocycles. The van der Waals surface area contributed by atoms with Crippen molar-refractivity contribution in [1.82, 2.24) is 25.0 Å². The SMILES string of the molecule is CCNC(=NCc1ncnn1C)N1CCC(OCCCOC)CC1.I. The second-order valence-electron chi connectivity index (χ2n) is 5.87. The maximum absolute atomic E-state index is 5.92. The monoisotopic (exact) mass is 466 g/mol. The molecule has 1 aromatic rings. The summed E-state index contributed by atoms with van der Waals surface area (Å²) >= 11 is 0. The third-order valence-corrected chi connectivity index (χ3v) is 4.10. The van der Waals surface area contributed by atoms with E-state index in [1.807, 2.05) is 7.05 Å². The fourth-order valence-electron chi connectivity index (χ4n) is 2.72. The Balaban J connectivity index is 0.00000312. The molecule has 0 amide bonds. The Kier molecular flexibility index (Phi) is 11.0. The van der Waals surface area contributed by atoms with E-state index in [0.717, 1.165) is 63.9 Å². The third-order valence-electron chi connectivity index (χ3n) is 4.10. The highest BCUT2D eigenvalue weighted by Gasteiger charge is 2.21. The van der Waals surface area contributed by atoms with Crippen molar-refractivity contribution >= 4 is 29.9 Å². The number of nitrogens with one attached hydrogen (secondary N) is 1. The Morgan fingerprint density at radius 1 is 1.36 bits per heavy atom. The van der Waals surface area contributed by atoms with Gasteiger partial charge >= 0.3 is 0 Å². The quantitative estimate of drug-likeness (QED) is 0.270. The minimum absolute atomic E-state index is 0. The number of likely N-dealkylation sites (tertiary alicyclic amines) is 1. The predicted molar refractivity (Wildman–Crippen MR) is 108 cm³/mol. The van der Waals surface area contributed by atoms with Gasteiger partial charge in [-0.3, -0.25) is 4.68 Å². The number of piperidine rings is 1. The minimum atomic E-state index is 0. The lowest BCUT2D eigenvalue weighted by Gasteiger charge is -2.34. The van der Waals surface area contributed by atoms with Gasteiger partial charge in [0.25, 0.3) is 0 Å². The van der Waals surface area contributed by atoms with Crippen LogP contribution in [-0.4, -0.2) is 71.7 Å². The molecule has 8 nitrogen and oxygen atoms in total. The number of guanidine groups is 1. The van der Waals surface area contributed by atoms with Crippen LogP contribution in [0.3, 0.4) is 0 Å². The molecule has 1 N–H and O–H groups in total. The van der Waals surface area contributed by atoms with Crippen LogP contribution in [0.5, 0.6) is 0 Å². The Morgan fingerprint density at radius 3 is 2.72 bits per heavy atom. The Labute approximate surface area is 167 Å². The summed E-state index contributed by atoms with van der Waals surface area (Å²) < 4.78 is 12.7. The Bertz CT molecular complexity index is 503. The van der Waals surface area contributed by atoms with E-state index in [2.05, 4.69) is 27.2 Å². The highest BCUT2D eigenvalue weighted by Crippen LogP contribution is 2.14. The first kappa shape index (κ1) is 22.1. The zero-order chi connectivity index (χ0) is 17.2. The second-order valence-corrected chi connectivity index (χ2v) is 5.87.